The molecule has 0 aliphatic heterocycles. The average Bonchev–Trinajstić information content (AvgIpc) is 2.26. The number of likely N-dealkylation sites (N-methyl/N-ethyl adjacent to an activating group) is 2. The number of aliphatic hydroxyl groups is 1. The van der Waals surface area contributed by atoms with Gasteiger partial charge in [0, 0.05) is 20.1 Å². The summed E-state index contributed by atoms with van der Waals surface area (Å²) in [5.41, 5.74) is -0.734. The standard InChI is InChI=1S/C13H26N2O2/c1-14(2)9-10-15(3)12(16)11-13(17)7-5-4-6-8-13/h17H,4-11H2,1-3H3. The first-order valence-electron chi connectivity index (χ1n) is 6.54. The van der Waals surface area contributed by atoms with Gasteiger partial charge in [0.1, 0.15) is 0 Å². The number of amides is 1. The molecule has 1 amide bonds. The number of rotatable bonds is 5. The predicted molar refractivity (Wildman–Crippen MR) is 68.8 cm³/mol. The van der Waals surface area contributed by atoms with Crippen molar-refractivity contribution in [2.45, 2.75) is 44.1 Å². The molecule has 0 saturated heterocycles. The van der Waals surface area contributed by atoms with Gasteiger partial charge in [-0.05, 0) is 26.9 Å². The van der Waals surface area contributed by atoms with E-state index >= 15 is 0 Å². The summed E-state index contributed by atoms with van der Waals surface area (Å²) < 4.78 is 0. The summed E-state index contributed by atoms with van der Waals surface area (Å²) in [4.78, 5) is 15.8. The molecule has 0 radical (unpaired) electrons. The van der Waals surface area contributed by atoms with E-state index in [9.17, 15) is 9.90 Å². The highest BCUT2D eigenvalue weighted by Crippen LogP contribution is 2.31. The lowest BCUT2D eigenvalue weighted by Crippen LogP contribution is -2.41. The fourth-order valence-electron chi connectivity index (χ4n) is 2.28. The quantitative estimate of drug-likeness (QED) is 0.785. The second-order valence-corrected chi connectivity index (χ2v) is 5.58. The van der Waals surface area contributed by atoms with Crippen molar-refractivity contribution in [1.29, 1.82) is 0 Å². The molecule has 4 nitrogen and oxygen atoms in total. The van der Waals surface area contributed by atoms with Gasteiger partial charge in [0.05, 0.1) is 12.0 Å². The minimum atomic E-state index is -0.734. The number of carbonyl (C=O) groups excluding carboxylic acids is 1. The van der Waals surface area contributed by atoms with Gasteiger partial charge in [-0.2, -0.15) is 0 Å². The van der Waals surface area contributed by atoms with Crippen LogP contribution in [0.4, 0.5) is 0 Å². The molecule has 0 heterocycles. The molecule has 1 rings (SSSR count). The summed E-state index contributed by atoms with van der Waals surface area (Å²) in [5.74, 6) is 0.0660. The third-order valence-electron chi connectivity index (χ3n) is 3.57. The van der Waals surface area contributed by atoms with E-state index in [4.69, 9.17) is 0 Å². The number of carbonyl (C=O) groups is 1. The minimum Gasteiger partial charge on any atom is -0.389 e. The zero-order chi connectivity index (χ0) is 12.9. The van der Waals surface area contributed by atoms with Crippen molar-refractivity contribution in [3.05, 3.63) is 0 Å². The van der Waals surface area contributed by atoms with Gasteiger partial charge in [0.15, 0.2) is 0 Å². The highest BCUT2D eigenvalue weighted by atomic mass is 16.3. The summed E-state index contributed by atoms with van der Waals surface area (Å²) in [7, 11) is 5.80. The fraction of sp³-hybridized carbons (Fsp3) is 0.923. The topological polar surface area (TPSA) is 43.8 Å². The maximum absolute atomic E-state index is 12.0. The molecule has 1 fully saturated rings. The Morgan fingerprint density at radius 1 is 1.12 bits per heavy atom. The van der Waals surface area contributed by atoms with Gasteiger partial charge < -0.3 is 14.9 Å². The van der Waals surface area contributed by atoms with E-state index < -0.39 is 5.60 Å². The molecule has 1 aliphatic rings. The lowest BCUT2D eigenvalue weighted by Gasteiger charge is -2.33. The summed E-state index contributed by atoms with van der Waals surface area (Å²) in [6.45, 7) is 1.59. The van der Waals surface area contributed by atoms with Gasteiger partial charge >= 0.3 is 0 Å². The van der Waals surface area contributed by atoms with E-state index in [1.807, 2.05) is 21.1 Å². The Morgan fingerprint density at radius 2 is 1.71 bits per heavy atom. The zero-order valence-electron chi connectivity index (χ0n) is 11.4. The Kier molecular flexibility index (Phi) is 5.40. The van der Waals surface area contributed by atoms with Crippen molar-refractivity contribution in [3.63, 3.8) is 0 Å². The van der Waals surface area contributed by atoms with Crippen molar-refractivity contribution in [2.24, 2.45) is 0 Å². The molecule has 0 aromatic rings. The van der Waals surface area contributed by atoms with E-state index in [1.54, 1.807) is 4.90 Å². The van der Waals surface area contributed by atoms with Crippen molar-refractivity contribution in [2.75, 3.05) is 34.2 Å². The largest absolute Gasteiger partial charge is 0.389 e. The highest BCUT2D eigenvalue weighted by Gasteiger charge is 2.32. The van der Waals surface area contributed by atoms with Crippen LogP contribution in [0.25, 0.3) is 0 Å². The molecule has 1 N–H and O–H groups in total. The van der Waals surface area contributed by atoms with Crippen LogP contribution in [-0.2, 0) is 4.79 Å². The predicted octanol–water partition coefficient (Wildman–Crippen LogP) is 1.09. The third-order valence-corrected chi connectivity index (χ3v) is 3.57. The van der Waals surface area contributed by atoms with E-state index in [-0.39, 0.29) is 12.3 Å². The molecule has 0 aromatic carbocycles. The smallest absolute Gasteiger partial charge is 0.225 e. The first-order valence-corrected chi connectivity index (χ1v) is 6.54. The molecule has 1 aliphatic carbocycles. The van der Waals surface area contributed by atoms with Gasteiger partial charge in [-0.1, -0.05) is 19.3 Å². The van der Waals surface area contributed by atoms with Crippen molar-refractivity contribution in [1.82, 2.24) is 9.80 Å². The maximum Gasteiger partial charge on any atom is 0.225 e. The average molecular weight is 242 g/mol. The van der Waals surface area contributed by atoms with Crippen LogP contribution < -0.4 is 0 Å². The molecule has 17 heavy (non-hydrogen) atoms. The van der Waals surface area contributed by atoms with Gasteiger partial charge in [0.25, 0.3) is 0 Å². The molecule has 0 spiro atoms. The van der Waals surface area contributed by atoms with Gasteiger partial charge in [0.2, 0.25) is 5.91 Å². The van der Waals surface area contributed by atoms with Crippen LogP contribution in [0.2, 0.25) is 0 Å². The van der Waals surface area contributed by atoms with Crippen LogP contribution in [0.1, 0.15) is 38.5 Å². The minimum absolute atomic E-state index is 0.0660. The first kappa shape index (κ1) is 14.5. The fourth-order valence-corrected chi connectivity index (χ4v) is 2.28. The zero-order valence-corrected chi connectivity index (χ0v) is 11.4. The molecular weight excluding hydrogens is 216 g/mol. The Morgan fingerprint density at radius 3 is 2.24 bits per heavy atom. The molecule has 1 saturated carbocycles. The van der Waals surface area contributed by atoms with Gasteiger partial charge in [-0.25, -0.2) is 0 Å². The highest BCUT2D eigenvalue weighted by molar-refractivity contribution is 5.77. The Labute approximate surface area is 105 Å². The lowest BCUT2D eigenvalue weighted by atomic mass is 9.82. The third kappa shape index (κ3) is 5.04. The normalized spacial score (nSPS) is 19.4. The molecule has 0 bridgehead atoms. The molecule has 0 unspecified atom stereocenters. The lowest BCUT2D eigenvalue weighted by molar-refractivity contribution is -0.136. The maximum atomic E-state index is 12.0. The van der Waals surface area contributed by atoms with Gasteiger partial charge in [-0.3, -0.25) is 4.79 Å². The Hall–Kier alpha value is -0.610. The van der Waals surface area contributed by atoms with Crippen molar-refractivity contribution in [3.8, 4) is 0 Å². The summed E-state index contributed by atoms with van der Waals surface area (Å²) in [6, 6.07) is 0. The SMILES string of the molecule is CN(C)CCN(C)C(=O)CC1(O)CCCCC1. The molecule has 0 aromatic heterocycles. The summed E-state index contributed by atoms with van der Waals surface area (Å²) in [6.07, 6.45) is 5.13. The van der Waals surface area contributed by atoms with E-state index in [2.05, 4.69) is 4.90 Å². The van der Waals surface area contributed by atoms with Crippen LogP contribution >= 0.6 is 0 Å². The van der Waals surface area contributed by atoms with Crippen molar-refractivity contribution >= 4 is 5.91 Å². The van der Waals surface area contributed by atoms with Crippen LogP contribution in [0, 0.1) is 0 Å². The number of hydrogen-bond acceptors (Lipinski definition) is 3. The second-order valence-electron chi connectivity index (χ2n) is 5.58. The Bertz CT molecular complexity index is 248. The van der Waals surface area contributed by atoms with Crippen LogP contribution in [0.3, 0.4) is 0 Å². The van der Waals surface area contributed by atoms with Crippen LogP contribution in [-0.4, -0.2) is 60.6 Å². The first-order chi connectivity index (χ1) is 7.93. The van der Waals surface area contributed by atoms with Crippen molar-refractivity contribution < 1.29 is 9.90 Å². The summed E-state index contributed by atoms with van der Waals surface area (Å²) in [5, 5.41) is 10.3. The molecule has 100 valence electrons. The number of nitrogens with zero attached hydrogens (tertiary/aromatic N) is 2. The number of hydrogen-bond donors (Lipinski definition) is 1. The molecule has 0 atom stereocenters. The van der Waals surface area contributed by atoms with E-state index in [0.717, 1.165) is 38.8 Å². The van der Waals surface area contributed by atoms with Crippen LogP contribution in [0.15, 0.2) is 0 Å². The van der Waals surface area contributed by atoms with E-state index in [0.29, 0.717) is 0 Å². The Balaban J connectivity index is 2.36. The monoisotopic (exact) mass is 242 g/mol. The molecule has 4 heteroatoms. The molecular formula is C13H26N2O2. The second kappa shape index (κ2) is 6.36. The van der Waals surface area contributed by atoms with E-state index in [1.165, 1.54) is 6.42 Å². The summed E-state index contributed by atoms with van der Waals surface area (Å²) >= 11 is 0. The van der Waals surface area contributed by atoms with Crippen LogP contribution in [0.5, 0.6) is 0 Å². The van der Waals surface area contributed by atoms with Gasteiger partial charge in [-0.15, -0.1) is 0 Å².